The molecule has 0 fully saturated rings. The molecule has 0 bridgehead atoms. The molecule has 2 aromatic rings. The Morgan fingerprint density at radius 2 is 1.71 bits per heavy atom. The normalized spacial score (nSPS) is 11.8. The number of hydrogen-bond donors (Lipinski definition) is 0. The van der Waals surface area contributed by atoms with Gasteiger partial charge in [0, 0.05) is 10.0 Å². The predicted octanol–water partition coefficient (Wildman–Crippen LogP) is 5.36. The molecule has 0 aliphatic carbocycles. The van der Waals surface area contributed by atoms with Crippen LogP contribution in [0.2, 0.25) is 0 Å². The van der Waals surface area contributed by atoms with E-state index in [-0.39, 0.29) is 10.0 Å². The van der Waals surface area contributed by atoms with E-state index in [9.17, 15) is 18.0 Å². The zero-order chi connectivity index (χ0) is 15.5. The first kappa shape index (κ1) is 15.5. The number of carbonyl (C=O) groups is 1. The van der Waals surface area contributed by atoms with Crippen LogP contribution in [0.15, 0.2) is 59.1 Å². The highest BCUT2D eigenvalue weighted by atomic mass is 79.9. The van der Waals surface area contributed by atoms with Crippen molar-refractivity contribution >= 4 is 27.8 Å². The smallest absolute Gasteiger partial charge is 0.289 e. The van der Waals surface area contributed by atoms with Crippen LogP contribution in [-0.4, -0.2) is 5.78 Å². The van der Waals surface area contributed by atoms with E-state index in [1.165, 1.54) is 18.2 Å². The maximum absolute atomic E-state index is 12.8. The number of rotatable bonds is 3. The van der Waals surface area contributed by atoms with Gasteiger partial charge in [0.05, 0.1) is 5.56 Å². The monoisotopic (exact) mass is 354 g/mol. The topological polar surface area (TPSA) is 17.1 Å². The Morgan fingerprint density at radius 3 is 2.33 bits per heavy atom. The number of benzene rings is 2. The van der Waals surface area contributed by atoms with Crippen molar-refractivity contribution in [1.29, 1.82) is 0 Å². The van der Waals surface area contributed by atoms with Crippen molar-refractivity contribution in [1.82, 2.24) is 0 Å². The maximum atomic E-state index is 12.8. The summed E-state index contributed by atoms with van der Waals surface area (Å²) in [4.78, 5) is 11.9. The Hall–Kier alpha value is -1.88. The van der Waals surface area contributed by atoms with Crippen LogP contribution in [0.3, 0.4) is 0 Å². The highest BCUT2D eigenvalue weighted by Gasteiger charge is 2.33. The molecular formula is C16H10BrF3O. The van der Waals surface area contributed by atoms with Gasteiger partial charge in [0.25, 0.3) is 0 Å². The fourth-order valence-electron chi connectivity index (χ4n) is 1.73. The summed E-state index contributed by atoms with van der Waals surface area (Å²) < 4.78 is 38.3. The molecule has 108 valence electrons. The van der Waals surface area contributed by atoms with Gasteiger partial charge in [-0.15, -0.1) is 0 Å². The van der Waals surface area contributed by atoms with Crippen molar-refractivity contribution in [3.63, 3.8) is 0 Å². The third-order valence-electron chi connectivity index (χ3n) is 2.78. The van der Waals surface area contributed by atoms with Crippen LogP contribution in [-0.2, 0) is 6.18 Å². The summed E-state index contributed by atoms with van der Waals surface area (Å²) in [6.45, 7) is 0. The van der Waals surface area contributed by atoms with Crippen LogP contribution in [0, 0.1) is 0 Å². The summed E-state index contributed by atoms with van der Waals surface area (Å²) >= 11 is 2.84. The Balaban J connectivity index is 2.26. The number of halogens is 4. The maximum Gasteiger partial charge on any atom is 0.417 e. The van der Waals surface area contributed by atoms with Gasteiger partial charge in [-0.25, -0.2) is 0 Å². The second-order valence-electron chi connectivity index (χ2n) is 4.30. The minimum Gasteiger partial charge on any atom is -0.289 e. The quantitative estimate of drug-likeness (QED) is 0.535. The van der Waals surface area contributed by atoms with E-state index in [4.69, 9.17) is 0 Å². The second-order valence-corrected chi connectivity index (χ2v) is 5.15. The van der Waals surface area contributed by atoms with E-state index in [1.54, 1.807) is 18.2 Å². The molecule has 0 aliphatic rings. The van der Waals surface area contributed by atoms with Crippen molar-refractivity contribution in [2.75, 3.05) is 0 Å². The largest absolute Gasteiger partial charge is 0.417 e. The molecule has 0 atom stereocenters. The summed E-state index contributed by atoms with van der Waals surface area (Å²) in [6, 6.07) is 12.5. The van der Waals surface area contributed by atoms with Gasteiger partial charge in [-0.1, -0.05) is 52.3 Å². The molecule has 0 unspecified atom stereocenters. The number of alkyl halides is 3. The van der Waals surface area contributed by atoms with E-state index < -0.39 is 17.5 Å². The molecule has 2 rings (SSSR count). The molecule has 0 saturated carbocycles. The average Bonchev–Trinajstić information content (AvgIpc) is 2.45. The SMILES string of the molecule is O=C(/C=C/c1ccccc1)c1ccc(Br)c(C(F)(F)F)c1. The summed E-state index contributed by atoms with van der Waals surface area (Å²) in [5.74, 6) is -0.475. The summed E-state index contributed by atoms with van der Waals surface area (Å²) in [7, 11) is 0. The molecule has 0 aliphatic heterocycles. The average molecular weight is 355 g/mol. The van der Waals surface area contributed by atoms with E-state index in [0.29, 0.717) is 0 Å². The molecule has 1 nitrogen and oxygen atoms in total. The van der Waals surface area contributed by atoms with Gasteiger partial charge in [0.2, 0.25) is 0 Å². The molecule has 5 heteroatoms. The zero-order valence-electron chi connectivity index (χ0n) is 10.7. The van der Waals surface area contributed by atoms with Gasteiger partial charge >= 0.3 is 6.18 Å². The van der Waals surface area contributed by atoms with Crippen molar-refractivity contribution in [2.45, 2.75) is 6.18 Å². The minimum atomic E-state index is -4.50. The van der Waals surface area contributed by atoms with Crippen molar-refractivity contribution in [3.05, 3.63) is 75.8 Å². The van der Waals surface area contributed by atoms with E-state index >= 15 is 0 Å². The minimum absolute atomic E-state index is 0.00212. The number of ketones is 1. The first-order valence-corrected chi connectivity index (χ1v) is 6.81. The van der Waals surface area contributed by atoms with Crippen LogP contribution < -0.4 is 0 Å². The third kappa shape index (κ3) is 4.04. The first-order valence-electron chi connectivity index (χ1n) is 6.02. The molecule has 0 heterocycles. The van der Waals surface area contributed by atoms with Crippen LogP contribution in [0.1, 0.15) is 21.5 Å². The fourth-order valence-corrected chi connectivity index (χ4v) is 2.20. The molecule has 2 aromatic carbocycles. The van der Waals surface area contributed by atoms with Crippen molar-refractivity contribution < 1.29 is 18.0 Å². The Kier molecular flexibility index (Phi) is 4.63. The molecule has 0 N–H and O–H groups in total. The Morgan fingerprint density at radius 1 is 1.05 bits per heavy atom. The number of hydrogen-bond acceptors (Lipinski definition) is 1. The van der Waals surface area contributed by atoms with Crippen LogP contribution in [0.4, 0.5) is 13.2 Å². The Bertz CT molecular complexity index is 676. The number of carbonyl (C=O) groups excluding carboxylic acids is 1. The van der Waals surface area contributed by atoms with Gasteiger partial charge < -0.3 is 0 Å². The Labute approximate surface area is 128 Å². The summed E-state index contributed by atoms with van der Waals surface area (Å²) in [5.41, 5.74) is -0.0572. The molecule has 0 spiro atoms. The van der Waals surface area contributed by atoms with Gasteiger partial charge in [-0.2, -0.15) is 13.2 Å². The van der Waals surface area contributed by atoms with E-state index in [1.807, 2.05) is 18.2 Å². The lowest BCUT2D eigenvalue weighted by molar-refractivity contribution is -0.138. The van der Waals surface area contributed by atoms with Crippen molar-refractivity contribution in [3.8, 4) is 0 Å². The van der Waals surface area contributed by atoms with Gasteiger partial charge in [0.1, 0.15) is 0 Å². The van der Waals surface area contributed by atoms with E-state index in [0.717, 1.165) is 11.6 Å². The highest BCUT2D eigenvalue weighted by Crippen LogP contribution is 2.35. The van der Waals surface area contributed by atoms with Gasteiger partial charge in [-0.3, -0.25) is 4.79 Å². The van der Waals surface area contributed by atoms with Crippen LogP contribution >= 0.6 is 15.9 Å². The van der Waals surface area contributed by atoms with Crippen LogP contribution in [0.5, 0.6) is 0 Å². The van der Waals surface area contributed by atoms with E-state index in [2.05, 4.69) is 15.9 Å². The predicted molar refractivity (Wildman–Crippen MR) is 79.0 cm³/mol. The van der Waals surface area contributed by atoms with Gasteiger partial charge in [-0.05, 0) is 29.8 Å². The molecule has 0 amide bonds. The molecular weight excluding hydrogens is 345 g/mol. The molecule has 0 radical (unpaired) electrons. The lowest BCUT2D eigenvalue weighted by atomic mass is 10.1. The molecule has 21 heavy (non-hydrogen) atoms. The summed E-state index contributed by atoms with van der Waals surface area (Å²) in [5, 5.41) is 0. The third-order valence-corrected chi connectivity index (χ3v) is 3.47. The molecule has 0 aromatic heterocycles. The van der Waals surface area contributed by atoms with Crippen molar-refractivity contribution in [2.24, 2.45) is 0 Å². The zero-order valence-corrected chi connectivity index (χ0v) is 12.3. The summed E-state index contributed by atoms with van der Waals surface area (Å²) in [6.07, 6.45) is -1.67. The highest BCUT2D eigenvalue weighted by molar-refractivity contribution is 9.10. The fraction of sp³-hybridized carbons (Fsp3) is 0.0625. The molecule has 0 saturated heterocycles. The standard InChI is InChI=1S/C16H10BrF3O/c17-14-8-7-12(10-13(14)16(18,19)20)15(21)9-6-11-4-2-1-3-5-11/h1-10H/b9-6+. The first-order chi connectivity index (χ1) is 9.88. The van der Waals surface area contributed by atoms with Gasteiger partial charge in [0.15, 0.2) is 5.78 Å². The second kappa shape index (κ2) is 6.26. The van der Waals surface area contributed by atoms with Crippen LogP contribution in [0.25, 0.3) is 6.08 Å². The number of allylic oxidation sites excluding steroid dienone is 1. The lowest BCUT2D eigenvalue weighted by Gasteiger charge is -2.09. The lowest BCUT2D eigenvalue weighted by Crippen LogP contribution is -2.08.